The summed E-state index contributed by atoms with van der Waals surface area (Å²) >= 11 is 0. The summed E-state index contributed by atoms with van der Waals surface area (Å²) in [5, 5.41) is 11.6. The lowest BCUT2D eigenvalue weighted by molar-refractivity contribution is -0.940. The maximum Gasteiger partial charge on any atom is 0.310 e. The number of terminal acetylenes is 1. The Morgan fingerprint density at radius 3 is 2.05 bits per heavy atom. The maximum atomic E-state index is 14.4. The largest absolute Gasteiger partial charge is 0.480 e. The van der Waals surface area contributed by atoms with Gasteiger partial charge in [-0.15, -0.1) is 6.42 Å². The van der Waals surface area contributed by atoms with Gasteiger partial charge in [0.25, 0.3) is 5.91 Å². The second kappa shape index (κ2) is 23.7. The predicted octanol–water partition coefficient (Wildman–Crippen LogP) is 3.60. The van der Waals surface area contributed by atoms with Crippen LogP contribution in [0, 0.1) is 18.3 Å². The van der Waals surface area contributed by atoms with Gasteiger partial charge in [-0.3, -0.25) is 28.8 Å². The molecule has 0 aromatic heterocycles. The number of epoxide rings is 1. The van der Waals surface area contributed by atoms with Crippen LogP contribution < -0.4 is 30.7 Å². The minimum atomic E-state index is -1.08. The molecule has 65 heavy (non-hydrogen) atoms. The van der Waals surface area contributed by atoms with Crippen molar-refractivity contribution in [3.63, 3.8) is 0 Å². The first-order valence-corrected chi connectivity index (χ1v) is 22.4. The topological polar surface area (TPSA) is 191 Å². The molecule has 2 aliphatic heterocycles. The van der Waals surface area contributed by atoms with E-state index in [2.05, 4.69) is 27.2 Å². The van der Waals surface area contributed by atoms with Gasteiger partial charge in [0, 0.05) is 24.5 Å². The number of carbonyl (C=O) groups is 6. The van der Waals surface area contributed by atoms with Gasteiger partial charge in [0.1, 0.15) is 61.5 Å². The molecule has 15 nitrogen and oxygen atoms in total. The summed E-state index contributed by atoms with van der Waals surface area (Å²) in [5.74, 6) is 0.436. The maximum absolute atomic E-state index is 14.4. The van der Waals surface area contributed by atoms with Crippen LogP contribution in [0.2, 0.25) is 0 Å². The van der Waals surface area contributed by atoms with Crippen LogP contribution in [-0.2, 0) is 57.6 Å². The molecule has 0 aliphatic carbocycles. The normalized spacial score (nSPS) is 18.1. The van der Waals surface area contributed by atoms with Gasteiger partial charge in [0.05, 0.1) is 25.9 Å². The number of hydrogen-bond donors (Lipinski definition) is 4. The summed E-state index contributed by atoms with van der Waals surface area (Å²) in [6.07, 6.45) is 6.78. The van der Waals surface area contributed by atoms with Crippen LogP contribution in [0.5, 0.6) is 11.5 Å². The highest BCUT2D eigenvalue weighted by Gasteiger charge is 2.49. The summed E-state index contributed by atoms with van der Waals surface area (Å²) in [4.78, 5) is 81.8. The highest BCUT2D eigenvalue weighted by Crippen LogP contribution is 2.30. The Bertz CT molecular complexity index is 2150. The third-order valence-electron chi connectivity index (χ3n) is 11.6. The van der Waals surface area contributed by atoms with Gasteiger partial charge >= 0.3 is 5.97 Å². The van der Waals surface area contributed by atoms with E-state index in [1.807, 2.05) is 74.5 Å². The van der Waals surface area contributed by atoms with Crippen molar-refractivity contribution in [1.29, 1.82) is 0 Å². The van der Waals surface area contributed by atoms with Crippen LogP contribution in [0.25, 0.3) is 0 Å². The molecular formula is C50H64N5O10+. The van der Waals surface area contributed by atoms with Gasteiger partial charge in [0.2, 0.25) is 17.7 Å². The average Bonchev–Trinajstić information content (AvgIpc) is 4.05. The molecule has 4 amide bonds. The highest BCUT2D eigenvalue weighted by atomic mass is 16.6. The molecule has 0 radical (unpaired) electrons. The summed E-state index contributed by atoms with van der Waals surface area (Å²) in [6.45, 7) is 11.2. The van der Waals surface area contributed by atoms with E-state index in [9.17, 15) is 28.8 Å². The number of carbonyl (C=O) groups excluding carboxylic acids is 6. The first-order chi connectivity index (χ1) is 31.1. The van der Waals surface area contributed by atoms with Crippen LogP contribution in [0.4, 0.5) is 0 Å². The van der Waals surface area contributed by atoms with Crippen molar-refractivity contribution < 1.29 is 52.2 Å². The second-order valence-electron chi connectivity index (χ2n) is 17.5. The minimum absolute atomic E-state index is 0.00197. The Hall–Kier alpha value is -6.08. The monoisotopic (exact) mass is 894 g/mol. The van der Waals surface area contributed by atoms with Crippen LogP contribution in [0.15, 0.2) is 78.9 Å². The zero-order chi connectivity index (χ0) is 47.0. The first-order valence-electron chi connectivity index (χ1n) is 22.4. The van der Waals surface area contributed by atoms with E-state index in [0.29, 0.717) is 50.8 Å². The number of rotatable bonds is 24. The lowest BCUT2D eigenvalue weighted by Crippen LogP contribution is -2.61. The standard InChI is InChI=1S/C50H63N5O10/c1-7-25-63-43-30-39(65-45(57)8-2)21-20-38(43)31-55(23-26-62-27-24-55)32-44(56)52-40(22-19-36-15-11-9-12-16-36)47(59)53-41(28-34(3)4)49(61)54-42(29-37-17-13-10-14-18-37)48(60)51-35(5)46(58)50(6)33-64-50/h1,9-18,20-21,30,34-35,40-42H,8,19,22-29,31-33H2,2-6H3,(H3-,51,52,53,54,56,59,60,61)/p+1/t35-,40-,41-,42-,50+/m0/s1. The lowest BCUT2D eigenvalue weighted by atomic mass is 9.99. The van der Waals surface area contributed by atoms with Crippen molar-refractivity contribution >= 4 is 35.4 Å². The van der Waals surface area contributed by atoms with Gasteiger partial charge in [-0.1, -0.05) is 87.4 Å². The number of nitrogens with zero attached hydrogens (tertiary/aromatic N) is 1. The Balaban J connectivity index is 1.35. The molecule has 0 spiro atoms. The molecule has 2 fully saturated rings. The number of Topliss-reactive ketones (excluding diaryl/α,β-unsaturated/α-hetero) is 1. The van der Waals surface area contributed by atoms with Crippen molar-refractivity contribution in [1.82, 2.24) is 21.3 Å². The molecule has 2 saturated heterocycles. The van der Waals surface area contributed by atoms with E-state index in [0.717, 1.165) is 16.7 Å². The fourth-order valence-corrected chi connectivity index (χ4v) is 7.81. The van der Waals surface area contributed by atoms with Gasteiger partial charge in [-0.25, -0.2) is 0 Å². The summed E-state index contributed by atoms with van der Waals surface area (Å²) in [7, 11) is 0. The average molecular weight is 895 g/mol. The number of benzene rings is 3. The van der Waals surface area contributed by atoms with E-state index in [-0.39, 0.29) is 67.5 Å². The van der Waals surface area contributed by atoms with E-state index >= 15 is 0 Å². The zero-order valence-electron chi connectivity index (χ0n) is 38.2. The van der Waals surface area contributed by atoms with Crippen molar-refractivity contribution in [2.75, 3.05) is 46.1 Å². The smallest absolute Gasteiger partial charge is 0.310 e. The highest BCUT2D eigenvalue weighted by molar-refractivity contribution is 5.98. The number of ketones is 1. The first kappa shape index (κ1) is 49.9. The van der Waals surface area contributed by atoms with Gasteiger partial charge in [-0.2, -0.15) is 0 Å². The van der Waals surface area contributed by atoms with E-state index in [1.54, 1.807) is 39.0 Å². The third kappa shape index (κ3) is 15.3. The fraction of sp³-hybridized carbons (Fsp3) is 0.480. The minimum Gasteiger partial charge on any atom is -0.480 e. The third-order valence-corrected chi connectivity index (χ3v) is 11.6. The molecule has 0 bridgehead atoms. The summed E-state index contributed by atoms with van der Waals surface area (Å²) in [6, 6.07) is 19.8. The Kier molecular flexibility index (Phi) is 18.2. The number of esters is 1. The van der Waals surface area contributed by atoms with Crippen molar-refractivity contribution in [2.45, 2.75) is 103 Å². The number of quaternary nitrogens is 1. The Morgan fingerprint density at radius 2 is 1.43 bits per heavy atom. The van der Waals surface area contributed by atoms with Crippen molar-refractivity contribution in [2.24, 2.45) is 5.92 Å². The van der Waals surface area contributed by atoms with Gasteiger partial charge in [-0.05, 0) is 62.3 Å². The molecule has 348 valence electrons. The summed E-state index contributed by atoms with van der Waals surface area (Å²) in [5.41, 5.74) is 1.54. The van der Waals surface area contributed by atoms with Gasteiger partial charge in [0.15, 0.2) is 12.3 Å². The molecule has 5 rings (SSSR count). The number of hydrogen-bond acceptors (Lipinski definition) is 10. The molecular weight excluding hydrogens is 831 g/mol. The fourth-order valence-electron chi connectivity index (χ4n) is 7.81. The molecule has 0 unspecified atom stereocenters. The SMILES string of the molecule is C#CCOc1cc(OC(=O)CC)ccc1C[N+]1(CC(=O)N[C@@H](CCc2ccccc2)C(=O)N[C@@H](CC(C)C)C(=O)N[C@@H](Cc2ccccc2)C(=O)N[C@@H](C)C(=O)[C@@]2(C)CO2)CCOCC1. The van der Waals surface area contributed by atoms with Crippen molar-refractivity contribution in [3.8, 4) is 23.8 Å². The number of morpholine rings is 1. The van der Waals surface area contributed by atoms with Crippen LogP contribution >= 0.6 is 0 Å². The number of amides is 4. The molecule has 15 heteroatoms. The van der Waals surface area contributed by atoms with Crippen LogP contribution in [0.1, 0.15) is 70.6 Å². The molecule has 0 saturated carbocycles. The summed E-state index contributed by atoms with van der Waals surface area (Å²) < 4.78 is 22.6. The van der Waals surface area contributed by atoms with E-state index < -0.39 is 53.5 Å². The molecule has 3 aromatic rings. The quantitative estimate of drug-likeness (QED) is 0.0340. The van der Waals surface area contributed by atoms with Crippen molar-refractivity contribution in [3.05, 3.63) is 95.6 Å². The Morgan fingerprint density at radius 1 is 0.815 bits per heavy atom. The van der Waals surface area contributed by atoms with Crippen LogP contribution in [-0.4, -0.2) is 116 Å². The predicted molar refractivity (Wildman–Crippen MR) is 243 cm³/mol. The number of nitrogens with one attached hydrogen (secondary N) is 4. The molecule has 4 N–H and O–H groups in total. The lowest BCUT2D eigenvalue weighted by Gasteiger charge is -2.41. The van der Waals surface area contributed by atoms with Crippen LogP contribution in [0.3, 0.4) is 0 Å². The van der Waals surface area contributed by atoms with E-state index in [1.165, 1.54) is 0 Å². The molecule has 2 heterocycles. The zero-order valence-corrected chi connectivity index (χ0v) is 38.2. The van der Waals surface area contributed by atoms with Gasteiger partial charge < -0.3 is 44.7 Å². The molecule has 5 atom stereocenters. The second-order valence-corrected chi connectivity index (χ2v) is 17.5. The molecule has 3 aromatic carbocycles. The Labute approximate surface area is 382 Å². The van der Waals surface area contributed by atoms with E-state index in [4.69, 9.17) is 25.4 Å². The number of ether oxygens (including phenoxy) is 4. The molecule has 2 aliphatic rings. The number of aryl methyl sites for hydroxylation is 1.